The third kappa shape index (κ3) is 8.12. The average molecular weight is 474 g/mol. The average Bonchev–Trinajstić information content (AvgIpc) is 2.90. The van der Waals surface area contributed by atoms with Crippen molar-refractivity contribution in [2.75, 3.05) is 40.3 Å². The highest BCUT2D eigenvalue weighted by Crippen LogP contribution is 2.19. The molecule has 0 aromatic heterocycles. The lowest BCUT2D eigenvalue weighted by atomic mass is 10.1. The number of benzene rings is 1. The fourth-order valence-corrected chi connectivity index (χ4v) is 3.27. The number of ether oxygens (including phenoxy) is 1. The van der Waals surface area contributed by atoms with E-state index in [1.165, 1.54) is 50.9 Å². The van der Waals surface area contributed by atoms with Crippen molar-refractivity contribution in [1.82, 2.24) is 15.5 Å². The number of hydrogen-bond acceptors (Lipinski definition) is 3. The van der Waals surface area contributed by atoms with Gasteiger partial charge in [0.05, 0.1) is 7.11 Å². The highest BCUT2D eigenvalue weighted by Gasteiger charge is 2.08. The first kappa shape index (κ1) is 23.0. The first-order valence-corrected chi connectivity index (χ1v) is 9.53. The maximum absolute atomic E-state index is 5.46. The summed E-state index contributed by atoms with van der Waals surface area (Å²) in [4.78, 5) is 6.91. The van der Waals surface area contributed by atoms with Crippen LogP contribution in [0.4, 0.5) is 0 Å². The minimum atomic E-state index is 0. The number of nitrogens with one attached hydrogen (secondary N) is 2. The lowest BCUT2D eigenvalue weighted by Gasteiger charge is -2.20. The summed E-state index contributed by atoms with van der Waals surface area (Å²) in [6.07, 6.45) is 6.65. The molecule has 0 bridgehead atoms. The molecule has 1 saturated heterocycles. The molecule has 1 fully saturated rings. The van der Waals surface area contributed by atoms with Crippen LogP contribution >= 0.6 is 24.0 Å². The van der Waals surface area contributed by atoms with E-state index in [1.54, 1.807) is 7.11 Å². The van der Waals surface area contributed by atoms with Gasteiger partial charge in [0.25, 0.3) is 0 Å². The number of halogens is 1. The van der Waals surface area contributed by atoms with Crippen LogP contribution in [0.15, 0.2) is 23.2 Å². The summed E-state index contributed by atoms with van der Waals surface area (Å²) in [5, 5.41) is 6.79. The van der Waals surface area contributed by atoms with Gasteiger partial charge in [-0.3, -0.25) is 4.99 Å². The minimum absolute atomic E-state index is 0. The van der Waals surface area contributed by atoms with Crippen molar-refractivity contribution < 1.29 is 4.74 Å². The quantitative estimate of drug-likeness (QED) is 0.275. The first-order valence-electron chi connectivity index (χ1n) is 9.53. The Bertz CT molecular complexity index is 543. The molecule has 2 N–H and O–H groups in total. The Morgan fingerprint density at radius 2 is 1.88 bits per heavy atom. The Hall–Kier alpha value is -1.02. The van der Waals surface area contributed by atoms with Crippen LogP contribution < -0.4 is 15.4 Å². The van der Waals surface area contributed by atoms with Crippen molar-refractivity contribution in [2.24, 2.45) is 4.99 Å². The molecule has 0 aliphatic carbocycles. The smallest absolute Gasteiger partial charge is 0.191 e. The molecule has 0 saturated carbocycles. The number of methoxy groups -OCH3 is 1. The van der Waals surface area contributed by atoms with E-state index < -0.39 is 0 Å². The van der Waals surface area contributed by atoms with Crippen LogP contribution in [0.1, 0.15) is 43.2 Å². The van der Waals surface area contributed by atoms with E-state index in [9.17, 15) is 0 Å². The monoisotopic (exact) mass is 474 g/mol. The van der Waals surface area contributed by atoms with Gasteiger partial charge in [-0.15, -0.1) is 24.0 Å². The zero-order valence-corrected chi connectivity index (χ0v) is 18.8. The minimum Gasteiger partial charge on any atom is -0.496 e. The number of likely N-dealkylation sites (tertiary alicyclic amines) is 1. The third-order valence-electron chi connectivity index (χ3n) is 4.75. The molecule has 1 aliphatic rings. The Labute approximate surface area is 176 Å². The zero-order valence-electron chi connectivity index (χ0n) is 16.5. The van der Waals surface area contributed by atoms with E-state index in [-0.39, 0.29) is 24.0 Å². The number of nitrogens with zero attached hydrogens (tertiary/aromatic N) is 2. The van der Waals surface area contributed by atoms with Crippen molar-refractivity contribution in [3.63, 3.8) is 0 Å². The Kier molecular flexibility index (Phi) is 11.7. The Morgan fingerprint density at radius 1 is 1.15 bits per heavy atom. The van der Waals surface area contributed by atoms with Gasteiger partial charge in [-0.25, -0.2) is 0 Å². The molecule has 1 aromatic rings. The van der Waals surface area contributed by atoms with Gasteiger partial charge in [0.1, 0.15) is 5.75 Å². The summed E-state index contributed by atoms with van der Waals surface area (Å²) in [6.45, 7) is 7.43. The standard InChI is InChI=1S/C20H34N4O.HI/c1-17-9-10-18(19(15-17)25-3)16-23-20(21-2)22-11-8-14-24-12-6-4-5-7-13-24;/h9-10,15H,4-8,11-14,16H2,1-3H3,(H2,21,22,23);1H. The van der Waals surface area contributed by atoms with E-state index in [2.05, 4.69) is 45.6 Å². The first-order chi connectivity index (χ1) is 12.2. The van der Waals surface area contributed by atoms with E-state index >= 15 is 0 Å². The molecule has 148 valence electrons. The number of aliphatic imine (C=N–C) groups is 1. The highest BCUT2D eigenvalue weighted by atomic mass is 127. The van der Waals surface area contributed by atoms with Crippen LogP contribution in [0, 0.1) is 6.92 Å². The van der Waals surface area contributed by atoms with Crippen molar-refractivity contribution in [3.8, 4) is 5.75 Å². The summed E-state index contributed by atoms with van der Waals surface area (Å²) < 4.78 is 5.46. The number of hydrogen-bond donors (Lipinski definition) is 2. The van der Waals surface area contributed by atoms with Gasteiger partial charge < -0.3 is 20.3 Å². The molecule has 0 spiro atoms. The second-order valence-corrected chi connectivity index (χ2v) is 6.78. The Balaban J connectivity index is 0.00000338. The van der Waals surface area contributed by atoms with Gasteiger partial charge in [-0.05, 0) is 57.5 Å². The van der Waals surface area contributed by atoms with Crippen LogP contribution in [-0.4, -0.2) is 51.2 Å². The molecule has 5 nitrogen and oxygen atoms in total. The SMILES string of the molecule is CN=C(NCCCN1CCCCCC1)NCc1ccc(C)cc1OC.I. The molecule has 0 atom stereocenters. The summed E-state index contributed by atoms with van der Waals surface area (Å²) in [5.74, 6) is 1.77. The predicted molar refractivity (Wildman–Crippen MR) is 121 cm³/mol. The second-order valence-electron chi connectivity index (χ2n) is 6.78. The number of guanidine groups is 1. The molecule has 1 aromatic carbocycles. The molecular formula is C20H35IN4O. The molecule has 0 amide bonds. The van der Waals surface area contributed by atoms with Gasteiger partial charge in [-0.2, -0.15) is 0 Å². The fraction of sp³-hybridized carbons (Fsp3) is 0.650. The van der Waals surface area contributed by atoms with Crippen molar-refractivity contribution in [3.05, 3.63) is 29.3 Å². The molecular weight excluding hydrogens is 439 g/mol. The molecule has 1 aliphatic heterocycles. The summed E-state index contributed by atoms with van der Waals surface area (Å²) in [7, 11) is 3.53. The molecule has 0 unspecified atom stereocenters. The second kappa shape index (κ2) is 13.2. The number of rotatable bonds is 7. The molecule has 0 radical (unpaired) electrons. The largest absolute Gasteiger partial charge is 0.496 e. The van der Waals surface area contributed by atoms with Crippen molar-refractivity contribution in [1.29, 1.82) is 0 Å². The fourth-order valence-electron chi connectivity index (χ4n) is 3.27. The summed E-state index contributed by atoms with van der Waals surface area (Å²) in [5.41, 5.74) is 2.34. The maximum atomic E-state index is 5.46. The molecule has 1 heterocycles. The summed E-state index contributed by atoms with van der Waals surface area (Å²) >= 11 is 0. The molecule has 26 heavy (non-hydrogen) atoms. The van der Waals surface area contributed by atoms with Crippen LogP contribution in [-0.2, 0) is 6.54 Å². The van der Waals surface area contributed by atoms with Gasteiger partial charge in [-0.1, -0.05) is 25.0 Å². The lowest BCUT2D eigenvalue weighted by Crippen LogP contribution is -2.38. The van der Waals surface area contributed by atoms with E-state index in [0.717, 1.165) is 30.2 Å². The third-order valence-corrected chi connectivity index (χ3v) is 4.75. The summed E-state index contributed by atoms with van der Waals surface area (Å²) in [6, 6.07) is 6.28. The van der Waals surface area contributed by atoms with Gasteiger partial charge in [0, 0.05) is 25.7 Å². The van der Waals surface area contributed by atoms with E-state index in [0.29, 0.717) is 6.54 Å². The normalized spacial score (nSPS) is 15.7. The van der Waals surface area contributed by atoms with Crippen molar-refractivity contribution in [2.45, 2.75) is 45.6 Å². The van der Waals surface area contributed by atoms with Crippen LogP contribution in [0.3, 0.4) is 0 Å². The van der Waals surface area contributed by atoms with Gasteiger partial charge in [0.2, 0.25) is 0 Å². The van der Waals surface area contributed by atoms with Crippen LogP contribution in [0.2, 0.25) is 0 Å². The maximum Gasteiger partial charge on any atom is 0.191 e. The number of aryl methyl sites for hydroxylation is 1. The predicted octanol–water partition coefficient (Wildman–Crippen LogP) is 3.55. The van der Waals surface area contributed by atoms with Crippen LogP contribution in [0.25, 0.3) is 0 Å². The molecule has 6 heteroatoms. The molecule has 2 rings (SSSR count). The van der Waals surface area contributed by atoms with Gasteiger partial charge in [0.15, 0.2) is 5.96 Å². The zero-order chi connectivity index (χ0) is 17.9. The van der Waals surface area contributed by atoms with Crippen molar-refractivity contribution >= 4 is 29.9 Å². The highest BCUT2D eigenvalue weighted by molar-refractivity contribution is 14.0. The lowest BCUT2D eigenvalue weighted by molar-refractivity contribution is 0.282. The Morgan fingerprint density at radius 3 is 2.54 bits per heavy atom. The van der Waals surface area contributed by atoms with E-state index in [1.807, 2.05) is 7.05 Å². The van der Waals surface area contributed by atoms with Gasteiger partial charge >= 0.3 is 0 Å². The topological polar surface area (TPSA) is 48.9 Å². The van der Waals surface area contributed by atoms with E-state index in [4.69, 9.17) is 4.74 Å². The van der Waals surface area contributed by atoms with Crippen LogP contribution in [0.5, 0.6) is 5.75 Å².